The minimum Gasteiger partial charge on any atom is -1.00 e. The van der Waals surface area contributed by atoms with Crippen molar-refractivity contribution in [1.29, 1.82) is 0 Å². The van der Waals surface area contributed by atoms with Gasteiger partial charge < -0.3 is 22.2 Å². The molecule has 1 aromatic rings. The van der Waals surface area contributed by atoms with E-state index >= 15 is 0 Å². The third kappa shape index (κ3) is 7.31. The average Bonchev–Trinajstić information content (AvgIpc) is 2.35. The molecule has 0 saturated heterocycles. The van der Waals surface area contributed by atoms with E-state index in [-0.39, 0.29) is 18.3 Å². The van der Waals surface area contributed by atoms with Crippen LogP contribution in [0.1, 0.15) is 24.5 Å². The first-order valence-corrected chi connectivity index (χ1v) is 6.71. The fourth-order valence-corrected chi connectivity index (χ4v) is 2.10. The Labute approximate surface area is 128 Å². The molecule has 1 rings (SSSR count). The predicted octanol–water partition coefficient (Wildman–Crippen LogP) is -0.564. The molecule has 1 aromatic carbocycles. The van der Waals surface area contributed by atoms with E-state index in [1.165, 1.54) is 5.56 Å². The lowest BCUT2D eigenvalue weighted by molar-refractivity contribution is -0.903. The van der Waals surface area contributed by atoms with Gasteiger partial charge in [0.15, 0.2) is 0 Å². The van der Waals surface area contributed by atoms with Crippen LogP contribution in [-0.2, 0) is 11.3 Å². The minimum absolute atomic E-state index is 0. The molecule has 0 aromatic heterocycles. The Morgan fingerprint density at radius 1 is 1.30 bits per heavy atom. The number of amides is 1. The summed E-state index contributed by atoms with van der Waals surface area (Å²) in [5.74, 6) is 0.0466. The minimum atomic E-state index is 0. The van der Waals surface area contributed by atoms with Gasteiger partial charge in [-0.25, -0.2) is 0 Å². The largest absolute Gasteiger partial charge is 1.00 e. The van der Waals surface area contributed by atoms with Crippen LogP contribution in [0.5, 0.6) is 0 Å². The van der Waals surface area contributed by atoms with E-state index < -0.39 is 0 Å². The van der Waals surface area contributed by atoms with Crippen molar-refractivity contribution < 1.29 is 21.7 Å². The van der Waals surface area contributed by atoms with Gasteiger partial charge in [0.2, 0.25) is 5.91 Å². The van der Waals surface area contributed by atoms with Gasteiger partial charge in [0, 0.05) is 25.5 Å². The highest BCUT2D eigenvalue weighted by Gasteiger charge is 2.15. The highest BCUT2D eigenvalue weighted by molar-refractivity contribution is 5.72. The maximum atomic E-state index is 10.8. The van der Waals surface area contributed by atoms with Gasteiger partial charge in [0.05, 0.1) is 20.6 Å². The number of carbonyl (C=O) groups is 1. The van der Waals surface area contributed by atoms with E-state index in [9.17, 15) is 4.79 Å². The van der Waals surface area contributed by atoms with Crippen molar-refractivity contribution in [2.24, 2.45) is 0 Å². The van der Waals surface area contributed by atoms with Crippen LogP contribution < -0.4 is 17.7 Å². The average molecular weight is 297 g/mol. The van der Waals surface area contributed by atoms with Crippen LogP contribution in [0.2, 0.25) is 0 Å². The number of nitrogens with zero attached hydrogens (tertiary/aromatic N) is 1. The van der Waals surface area contributed by atoms with E-state index in [1.54, 1.807) is 6.92 Å². The summed E-state index contributed by atoms with van der Waals surface area (Å²) in [7, 11) is 4.43. The molecule has 112 valence electrons. The summed E-state index contributed by atoms with van der Waals surface area (Å²) in [5, 5.41) is 2.84. The SMILES string of the molecule is C=Cc1ccc(C[N+](C)(C)CCCNC(C)=O)cc1.[Cl-]. The molecule has 1 N–H and O–H groups in total. The fourth-order valence-electron chi connectivity index (χ4n) is 2.10. The Balaban J connectivity index is 0.00000361. The standard InChI is InChI=1S/C16H24N2O.ClH/c1-5-15-7-9-16(10-8-15)13-18(3,4)12-6-11-17-14(2)19;/h5,7-10H,1,6,11-13H2,2-4H3;1H. The van der Waals surface area contributed by atoms with Crippen LogP contribution in [0, 0.1) is 0 Å². The van der Waals surface area contributed by atoms with Crippen molar-refractivity contribution in [1.82, 2.24) is 5.32 Å². The van der Waals surface area contributed by atoms with Crippen molar-refractivity contribution in [3.8, 4) is 0 Å². The number of rotatable bonds is 7. The number of quaternary nitrogens is 1. The van der Waals surface area contributed by atoms with Crippen molar-refractivity contribution in [2.75, 3.05) is 27.2 Å². The topological polar surface area (TPSA) is 29.1 Å². The highest BCUT2D eigenvalue weighted by atomic mass is 35.5. The lowest BCUT2D eigenvalue weighted by Gasteiger charge is -2.30. The number of nitrogens with one attached hydrogen (secondary N) is 1. The molecule has 3 nitrogen and oxygen atoms in total. The molecule has 0 fully saturated rings. The summed E-state index contributed by atoms with van der Waals surface area (Å²) in [6.07, 6.45) is 2.86. The van der Waals surface area contributed by atoms with E-state index in [4.69, 9.17) is 0 Å². The predicted molar refractivity (Wildman–Crippen MR) is 80.5 cm³/mol. The molecule has 0 aliphatic heterocycles. The summed E-state index contributed by atoms with van der Waals surface area (Å²) in [4.78, 5) is 10.8. The fraction of sp³-hybridized carbons (Fsp3) is 0.438. The van der Waals surface area contributed by atoms with Gasteiger partial charge in [-0.05, 0) is 5.56 Å². The third-order valence-electron chi connectivity index (χ3n) is 3.14. The molecule has 0 radical (unpaired) electrons. The first-order valence-electron chi connectivity index (χ1n) is 6.71. The Morgan fingerprint density at radius 2 is 1.90 bits per heavy atom. The molecular weight excluding hydrogens is 272 g/mol. The molecule has 0 unspecified atom stereocenters. The quantitative estimate of drug-likeness (QED) is 0.530. The molecule has 0 heterocycles. The van der Waals surface area contributed by atoms with E-state index in [2.05, 4.69) is 50.3 Å². The monoisotopic (exact) mass is 296 g/mol. The summed E-state index contributed by atoms with van der Waals surface area (Å²) in [6, 6.07) is 8.51. The van der Waals surface area contributed by atoms with E-state index in [0.29, 0.717) is 0 Å². The lowest BCUT2D eigenvalue weighted by Crippen LogP contribution is -3.00. The molecule has 1 amide bonds. The third-order valence-corrected chi connectivity index (χ3v) is 3.14. The number of halogens is 1. The van der Waals surface area contributed by atoms with Crippen LogP contribution in [0.25, 0.3) is 6.08 Å². The Morgan fingerprint density at radius 3 is 2.40 bits per heavy atom. The summed E-state index contributed by atoms with van der Waals surface area (Å²) < 4.78 is 0.924. The molecule has 4 heteroatoms. The van der Waals surface area contributed by atoms with Gasteiger partial charge in [-0.15, -0.1) is 0 Å². The van der Waals surface area contributed by atoms with Gasteiger partial charge in [-0.2, -0.15) is 0 Å². The number of hydrogen-bond donors (Lipinski definition) is 1. The van der Waals surface area contributed by atoms with Crippen molar-refractivity contribution in [3.63, 3.8) is 0 Å². The second-order valence-corrected chi connectivity index (χ2v) is 5.60. The summed E-state index contributed by atoms with van der Waals surface area (Å²) in [6.45, 7) is 8.12. The van der Waals surface area contributed by atoms with Crippen LogP contribution in [0.4, 0.5) is 0 Å². The summed E-state index contributed by atoms with van der Waals surface area (Å²) >= 11 is 0. The molecule has 0 spiro atoms. The molecular formula is C16H25ClN2O. The zero-order valence-corrected chi connectivity index (χ0v) is 13.4. The van der Waals surface area contributed by atoms with Gasteiger partial charge in [0.25, 0.3) is 0 Å². The molecule has 0 aliphatic rings. The Hall–Kier alpha value is -1.32. The van der Waals surface area contributed by atoms with Crippen molar-refractivity contribution in [3.05, 3.63) is 42.0 Å². The summed E-state index contributed by atoms with van der Waals surface area (Å²) in [5.41, 5.74) is 2.48. The second-order valence-electron chi connectivity index (χ2n) is 5.60. The zero-order valence-electron chi connectivity index (χ0n) is 12.7. The lowest BCUT2D eigenvalue weighted by atomic mass is 10.1. The molecule has 0 atom stereocenters. The van der Waals surface area contributed by atoms with Crippen LogP contribution in [0.3, 0.4) is 0 Å². The number of benzene rings is 1. The number of carbonyl (C=O) groups excluding carboxylic acids is 1. The van der Waals surface area contributed by atoms with Crippen LogP contribution in [0.15, 0.2) is 30.8 Å². The van der Waals surface area contributed by atoms with E-state index in [1.807, 2.05) is 6.08 Å². The smallest absolute Gasteiger partial charge is 0.216 e. The van der Waals surface area contributed by atoms with Crippen LogP contribution >= 0.6 is 0 Å². The van der Waals surface area contributed by atoms with Crippen molar-refractivity contribution in [2.45, 2.75) is 19.9 Å². The molecule has 0 bridgehead atoms. The Kier molecular flexibility index (Phi) is 8.19. The number of hydrogen-bond acceptors (Lipinski definition) is 1. The second kappa shape index (κ2) is 8.77. The van der Waals surface area contributed by atoms with Crippen LogP contribution in [-0.4, -0.2) is 37.6 Å². The first kappa shape index (κ1) is 18.7. The maximum Gasteiger partial charge on any atom is 0.216 e. The van der Waals surface area contributed by atoms with Crippen molar-refractivity contribution >= 4 is 12.0 Å². The molecule has 20 heavy (non-hydrogen) atoms. The first-order chi connectivity index (χ1) is 8.93. The van der Waals surface area contributed by atoms with E-state index in [0.717, 1.165) is 36.1 Å². The Bertz CT molecular complexity index is 427. The normalized spacial score (nSPS) is 10.6. The highest BCUT2D eigenvalue weighted by Crippen LogP contribution is 2.12. The van der Waals surface area contributed by atoms with Gasteiger partial charge in [-0.1, -0.05) is 36.9 Å². The molecule has 0 aliphatic carbocycles. The molecule has 0 saturated carbocycles. The van der Waals surface area contributed by atoms with Gasteiger partial charge in [-0.3, -0.25) is 4.79 Å². The van der Waals surface area contributed by atoms with Gasteiger partial charge >= 0.3 is 0 Å². The van der Waals surface area contributed by atoms with Gasteiger partial charge in [0.1, 0.15) is 6.54 Å². The zero-order chi connectivity index (χ0) is 14.3. The maximum absolute atomic E-state index is 10.8.